The van der Waals surface area contributed by atoms with Gasteiger partial charge in [0, 0.05) is 19.0 Å². The van der Waals surface area contributed by atoms with Gasteiger partial charge in [0.05, 0.1) is 11.3 Å². The number of amides is 1. The van der Waals surface area contributed by atoms with Crippen LogP contribution in [0.3, 0.4) is 0 Å². The average Bonchev–Trinajstić information content (AvgIpc) is 2.94. The lowest BCUT2D eigenvalue weighted by atomic mass is 10.0. The Balaban J connectivity index is 2.28. The molecule has 0 bridgehead atoms. The maximum atomic E-state index is 12.3. The van der Waals surface area contributed by atoms with Gasteiger partial charge in [-0.1, -0.05) is 6.07 Å². The van der Waals surface area contributed by atoms with Crippen molar-refractivity contribution in [2.75, 3.05) is 11.4 Å². The van der Waals surface area contributed by atoms with Crippen LogP contribution < -0.4 is 10.6 Å². The molecular weight excluding hydrogens is 334 g/mol. The highest BCUT2D eigenvalue weighted by atomic mass is 16.6. The molecule has 25 heavy (non-hydrogen) atoms. The van der Waals surface area contributed by atoms with Crippen LogP contribution in [0.5, 0.6) is 0 Å². The van der Waals surface area contributed by atoms with Gasteiger partial charge in [-0.05, 0) is 24.0 Å². The Labute approximate surface area is 142 Å². The summed E-state index contributed by atoms with van der Waals surface area (Å²) in [5.74, 6) is -2.79. The summed E-state index contributed by atoms with van der Waals surface area (Å²) in [5, 5.41) is 29.0. The molecule has 0 aliphatic carbocycles. The Bertz CT molecular complexity index is 747. The van der Waals surface area contributed by atoms with Crippen molar-refractivity contribution in [1.29, 1.82) is 0 Å². The number of nitro groups is 1. The summed E-state index contributed by atoms with van der Waals surface area (Å²) in [5.41, 5.74) is 6.00. The topological polar surface area (TPSA) is 164 Å². The smallest absolute Gasteiger partial charge is 0.320 e. The first-order valence-electron chi connectivity index (χ1n) is 7.51. The number of carboxylic acids is 2. The average molecular weight is 351 g/mol. The lowest BCUT2D eigenvalue weighted by Gasteiger charge is -2.18. The van der Waals surface area contributed by atoms with Gasteiger partial charge in [0.25, 0.3) is 5.69 Å². The van der Waals surface area contributed by atoms with Crippen molar-refractivity contribution in [3.8, 4) is 0 Å². The Hall–Kier alpha value is -3.01. The molecule has 0 radical (unpaired) electrons. The molecule has 0 fully saturated rings. The molecule has 0 saturated carbocycles. The third-order valence-electron chi connectivity index (χ3n) is 3.94. The van der Waals surface area contributed by atoms with Gasteiger partial charge in [-0.3, -0.25) is 24.5 Å². The zero-order chi connectivity index (χ0) is 18.7. The number of carboxylic acid groups (broad SMARTS) is 2. The molecular formula is C15H17N3O7. The summed E-state index contributed by atoms with van der Waals surface area (Å²) in [7, 11) is 0. The van der Waals surface area contributed by atoms with Crippen molar-refractivity contribution >= 4 is 29.2 Å². The summed E-state index contributed by atoms with van der Waals surface area (Å²) < 4.78 is 0. The molecule has 10 heteroatoms. The van der Waals surface area contributed by atoms with Crippen molar-refractivity contribution in [2.45, 2.75) is 31.7 Å². The summed E-state index contributed by atoms with van der Waals surface area (Å²) in [6.07, 6.45) is -0.221. The molecule has 1 aliphatic rings. The van der Waals surface area contributed by atoms with Crippen LogP contribution >= 0.6 is 0 Å². The highest BCUT2D eigenvalue weighted by Crippen LogP contribution is 2.38. The predicted molar refractivity (Wildman–Crippen MR) is 85.3 cm³/mol. The zero-order valence-electron chi connectivity index (χ0n) is 13.2. The van der Waals surface area contributed by atoms with Crippen molar-refractivity contribution < 1.29 is 29.5 Å². The zero-order valence-corrected chi connectivity index (χ0v) is 13.2. The van der Waals surface area contributed by atoms with E-state index in [9.17, 15) is 24.5 Å². The van der Waals surface area contributed by atoms with E-state index in [1.807, 2.05) is 0 Å². The lowest BCUT2D eigenvalue weighted by Crippen LogP contribution is -2.34. The molecule has 1 aromatic carbocycles. The second kappa shape index (κ2) is 7.26. The van der Waals surface area contributed by atoms with E-state index in [4.69, 9.17) is 15.9 Å². The molecule has 10 nitrogen and oxygen atoms in total. The van der Waals surface area contributed by atoms with Crippen LogP contribution in [0, 0.1) is 10.1 Å². The van der Waals surface area contributed by atoms with Gasteiger partial charge in [-0.25, -0.2) is 0 Å². The lowest BCUT2D eigenvalue weighted by molar-refractivity contribution is -0.384. The fourth-order valence-electron chi connectivity index (χ4n) is 2.79. The number of fused-ring (bicyclic) bond motifs is 1. The second-order valence-electron chi connectivity index (χ2n) is 5.73. The number of nitro benzene ring substituents is 1. The summed E-state index contributed by atoms with van der Waals surface area (Å²) in [6.45, 7) is 0.216. The van der Waals surface area contributed by atoms with Crippen LogP contribution in [0.1, 0.15) is 24.0 Å². The molecule has 134 valence electrons. The van der Waals surface area contributed by atoms with Gasteiger partial charge in [-0.15, -0.1) is 0 Å². The summed E-state index contributed by atoms with van der Waals surface area (Å²) in [6, 6.07) is 1.52. The maximum Gasteiger partial charge on any atom is 0.320 e. The molecule has 2 rings (SSSR count). The first-order chi connectivity index (χ1) is 11.7. The maximum absolute atomic E-state index is 12.3. The number of hydrogen-bond donors (Lipinski definition) is 3. The number of carbonyl (C=O) groups is 3. The number of benzene rings is 1. The summed E-state index contributed by atoms with van der Waals surface area (Å²) >= 11 is 0. The van der Waals surface area contributed by atoms with E-state index >= 15 is 0 Å². The number of rotatable bonds is 7. The van der Waals surface area contributed by atoms with Crippen LogP contribution in [0.4, 0.5) is 11.4 Å². The van der Waals surface area contributed by atoms with Crippen LogP contribution in [0.15, 0.2) is 12.1 Å². The van der Waals surface area contributed by atoms with E-state index in [0.717, 1.165) is 6.07 Å². The Kier molecular flexibility index (Phi) is 5.32. The van der Waals surface area contributed by atoms with Crippen LogP contribution in [-0.2, 0) is 27.2 Å². The van der Waals surface area contributed by atoms with Crippen molar-refractivity contribution in [3.63, 3.8) is 0 Å². The van der Waals surface area contributed by atoms with Gasteiger partial charge in [0.15, 0.2) is 0 Å². The fraction of sp³-hybridized carbons (Fsp3) is 0.400. The minimum Gasteiger partial charge on any atom is -0.481 e. The third kappa shape index (κ3) is 4.10. The molecule has 0 spiro atoms. The number of nitrogens with zero attached hydrogens (tertiary/aromatic N) is 2. The molecule has 1 unspecified atom stereocenters. The molecule has 1 aliphatic heterocycles. The van der Waals surface area contributed by atoms with Gasteiger partial charge >= 0.3 is 11.9 Å². The first kappa shape index (κ1) is 18.3. The normalized spacial score (nSPS) is 14.0. The molecule has 4 N–H and O–H groups in total. The van der Waals surface area contributed by atoms with E-state index < -0.39 is 28.8 Å². The van der Waals surface area contributed by atoms with Crippen LogP contribution in [0.25, 0.3) is 0 Å². The second-order valence-corrected chi connectivity index (χ2v) is 5.73. The molecule has 0 saturated heterocycles. The number of aliphatic carboxylic acids is 2. The number of carbonyl (C=O) groups excluding carboxylic acids is 1. The first-order valence-corrected chi connectivity index (χ1v) is 7.51. The number of anilines is 1. The predicted octanol–water partition coefficient (Wildman–Crippen LogP) is 0.303. The number of nitrogens with two attached hydrogens (primary N) is 1. The standard InChI is InChI=1S/C15H17N3O7/c16-10(15(22)23)1-2-12(19)17-4-3-9-5-8(7-13(20)21)6-11(14(9)17)18(24)25/h5-6,10H,1-4,7,16H2,(H,20,21)(H,22,23). The van der Waals surface area contributed by atoms with Crippen LogP contribution in [0.2, 0.25) is 0 Å². The van der Waals surface area contributed by atoms with Crippen molar-refractivity contribution in [1.82, 2.24) is 0 Å². The van der Waals surface area contributed by atoms with Crippen molar-refractivity contribution in [3.05, 3.63) is 33.4 Å². The Morgan fingerprint density at radius 2 is 2.00 bits per heavy atom. The fourth-order valence-corrected chi connectivity index (χ4v) is 2.79. The van der Waals surface area contributed by atoms with Gasteiger partial charge in [0.1, 0.15) is 11.7 Å². The molecule has 1 heterocycles. The highest BCUT2D eigenvalue weighted by Gasteiger charge is 2.33. The largest absolute Gasteiger partial charge is 0.481 e. The van der Waals surface area contributed by atoms with Crippen LogP contribution in [-0.4, -0.2) is 45.6 Å². The highest BCUT2D eigenvalue weighted by molar-refractivity contribution is 5.98. The van der Waals surface area contributed by atoms with E-state index in [2.05, 4.69) is 0 Å². The molecule has 1 aromatic rings. The summed E-state index contributed by atoms with van der Waals surface area (Å²) in [4.78, 5) is 45.8. The third-order valence-corrected chi connectivity index (χ3v) is 3.94. The van der Waals surface area contributed by atoms with E-state index in [-0.39, 0.29) is 37.2 Å². The number of hydrogen-bond acceptors (Lipinski definition) is 6. The molecule has 1 atom stereocenters. The monoisotopic (exact) mass is 351 g/mol. The Morgan fingerprint density at radius 1 is 1.32 bits per heavy atom. The minimum atomic E-state index is -1.22. The van der Waals surface area contributed by atoms with Gasteiger partial charge in [0.2, 0.25) is 5.91 Å². The molecule has 0 aromatic heterocycles. The van der Waals surface area contributed by atoms with Gasteiger partial charge < -0.3 is 20.8 Å². The SMILES string of the molecule is NC(CCC(=O)N1CCc2cc(CC(=O)O)cc([N+](=O)[O-])c21)C(=O)O. The Morgan fingerprint density at radius 3 is 2.56 bits per heavy atom. The minimum absolute atomic E-state index is 0.0785. The van der Waals surface area contributed by atoms with Gasteiger partial charge in [-0.2, -0.15) is 0 Å². The van der Waals surface area contributed by atoms with E-state index in [1.54, 1.807) is 6.07 Å². The molecule has 1 amide bonds. The quantitative estimate of drug-likeness (QED) is 0.466. The van der Waals surface area contributed by atoms with E-state index in [0.29, 0.717) is 17.5 Å². The van der Waals surface area contributed by atoms with E-state index in [1.165, 1.54) is 4.90 Å². The van der Waals surface area contributed by atoms with Crippen molar-refractivity contribution in [2.24, 2.45) is 5.73 Å².